The van der Waals surface area contributed by atoms with Crippen LogP contribution in [0.1, 0.15) is 12.8 Å². The van der Waals surface area contributed by atoms with Gasteiger partial charge in [-0.25, -0.2) is 13.2 Å². The van der Waals surface area contributed by atoms with Gasteiger partial charge in [-0.2, -0.15) is 0 Å². The van der Waals surface area contributed by atoms with Crippen LogP contribution in [0, 0.1) is 0 Å². The van der Waals surface area contributed by atoms with Crippen molar-refractivity contribution in [1.82, 2.24) is 9.80 Å². The molecule has 3 rings (SSSR count). The maximum absolute atomic E-state index is 12.8. The minimum Gasteiger partial charge on any atom is -0.379 e. The predicted molar refractivity (Wildman–Crippen MR) is 75.9 cm³/mol. The maximum Gasteiger partial charge on any atom is 0.320 e. The number of amides is 2. The number of hydrogen-bond donors (Lipinski definition) is 0. The zero-order valence-electron chi connectivity index (χ0n) is 12.3. The first-order chi connectivity index (χ1) is 9.94. The van der Waals surface area contributed by atoms with E-state index >= 15 is 0 Å². The fourth-order valence-corrected chi connectivity index (χ4v) is 5.16. The fourth-order valence-electron chi connectivity index (χ4n) is 3.38. The first-order valence-electron chi connectivity index (χ1n) is 7.34. The number of hydrogen-bond acceptors (Lipinski definition) is 5. The van der Waals surface area contributed by atoms with Gasteiger partial charge in [0.15, 0.2) is 9.84 Å². The van der Waals surface area contributed by atoms with Gasteiger partial charge in [0, 0.05) is 26.2 Å². The van der Waals surface area contributed by atoms with Gasteiger partial charge in [-0.05, 0) is 12.8 Å². The largest absolute Gasteiger partial charge is 0.379 e. The van der Waals surface area contributed by atoms with E-state index in [1.54, 1.807) is 11.9 Å². The molecule has 2 unspecified atom stereocenters. The van der Waals surface area contributed by atoms with Crippen molar-refractivity contribution in [3.05, 3.63) is 0 Å². The van der Waals surface area contributed by atoms with Crippen LogP contribution >= 0.6 is 0 Å². The van der Waals surface area contributed by atoms with Crippen LogP contribution in [0.4, 0.5) is 4.79 Å². The summed E-state index contributed by atoms with van der Waals surface area (Å²) in [6.45, 7) is 2.68. The van der Waals surface area contributed by atoms with Crippen molar-refractivity contribution in [1.29, 1.82) is 0 Å². The zero-order valence-corrected chi connectivity index (χ0v) is 13.1. The summed E-state index contributed by atoms with van der Waals surface area (Å²) in [7, 11) is -1.29. The van der Waals surface area contributed by atoms with Gasteiger partial charge in [0.05, 0.1) is 36.9 Å². The van der Waals surface area contributed by atoms with Crippen molar-refractivity contribution in [3.63, 3.8) is 0 Å². The molecule has 3 aliphatic heterocycles. The molecule has 0 bridgehead atoms. The molecule has 0 saturated carbocycles. The van der Waals surface area contributed by atoms with Gasteiger partial charge in [0.25, 0.3) is 0 Å². The number of carbonyl (C=O) groups is 1. The molecular weight excluding hydrogens is 296 g/mol. The summed E-state index contributed by atoms with van der Waals surface area (Å²) < 4.78 is 34.2. The van der Waals surface area contributed by atoms with Crippen molar-refractivity contribution < 1.29 is 22.7 Å². The number of carbonyl (C=O) groups excluding carboxylic acids is 1. The molecule has 120 valence electrons. The molecule has 3 heterocycles. The minimum atomic E-state index is -2.99. The van der Waals surface area contributed by atoms with Crippen LogP contribution < -0.4 is 0 Å². The lowest BCUT2D eigenvalue weighted by atomic mass is 9.96. The van der Waals surface area contributed by atoms with Gasteiger partial charge in [-0.1, -0.05) is 0 Å². The quantitative estimate of drug-likeness (QED) is 0.664. The second kappa shape index (κ2) is 5.40. The van der Waals surface area contributed by atoms with E-state index < -0.39 is 9.84 Å². The second-order valence-corrected chi connectivity index (χ2v) is 8.41. The Morgan fingerprint density at radius 3 is 2.62 bits per heavy atom. The van der Waals surface area contributed by atoms with Gasteiger partial charge in [-0.15, -0.1) is 0 Å². The fraction of sp³-hybridized carbons (Fsp3) is 0.923. The SMILES string of the molecule is CN(C(=O)N1CCOCC12CCOC2)C1CCS(=O)(=O)C1. The lowest BCUT2D eigenvalue weighted by Crippen LogP contribution is -2.63. The number of urea groups is 1. The van der Waals surface area contributed by atoms with Crippen molar-refractivity contribution >= 4 is 15.9 Å². The van der Waals surface area contributed by atoms with E-state index in [1.165, 1.54) is 0 Å². The van der Waals surface area contributed by atoms with Crippen LogP contribution in [0.25, 0.3) is 0 Å². The molecule has 21 heavy (non-hydrogen) atoms. The Balaban J connectivity index is 1.74. The van der Waals surface area contributed by atoms with Gasteiger partial charge in [-0.3, -0.25) is 0 Å². The number of nitrogens with zero attached hydrogens (tertiary/aromatic N) is 2. The van der Waals surface area contributed by atoms with Crippen LogP contribution in [0.15, 0.2) is 0 Å². The van der Waals surface area contributed by atoms with Crippen LogP contribution in [-0.2, 0) is 19.3 Å². The van der Waals surface area contributed by atoms with Gasteiger partial charge >= 0.3 is 6.03 Å². The lowest BCUT2D eigenvalue weighted by molar-refractivity contribution is -0.0545. The summed E-state index contributed by atoms with van der Waals surface area (Å²) in [5.74, 6) is 0.246. The molecule has 0 aromatic heterocycles. The Labute approximate surface area is 125 Å². The normalized spacial score (nSPS) is 35.3. The number of sulfone groups is 1. The van der Waals surface area contributed by atoms with E-state index in [2.05, 4.69) is 0 Å². The molecular formula is C13H22N2O5S. The minimum absolute atomic E-state index is 0.0725. The van der Waals surface area contributed by atoms with E-state index in [4.69, 9.17) is 9.47 Å². The van der Waals surface area contributed by atoms with E-state index in [-0.39, 0.29) is 29.1 Å². The van der Waals surface area contributed by atoms with E-state index in [0.717, 1.165) is 6.42 Å². The standard InChI is InChI=1S/C13H22N2O5S/c1-14(11-2-7-21(17,18)8-11)12(16)15-4-6-20-10-13(15)3-5-19-9-13/h11H,2-10H2,1H3. The molecule has 0 aromatic carbocycles. The Hall–Kier alpha value is -0.860. The molecule has 3 aliphatic rings. The summed E-state index contributed by atoms with van der Waals surface area (Å²) in [5, 5.41) is 0. The molecule has 1 spiro atoms. The summed E-state index contributed by atoms with van der Waals surface area (Å²) in [5.41, 5.74) is -0.374. The van der Waals surface area contributed by atoms with Crippen LogP contribution in [0.2, 0.25) is 0 Å². The van der Waals surface area contributed by atoms with Crippen LogP contribution in [0.3, 0.4) is 0 Å². The Kier molecular flexibility index (Phi) is 3.87. The third kappa shape index (κ3) is 2.76. The predicted octanol–water partition coefficient (Wildman–Crippen LogP) is -0.283. The molecule has 3 fully saturated rings. The molecule has 2 amide bonds. The van der Waals surface area contributed by atoms with Crippen LogP contribution in [0.5, 0.6) is 0 Å². The highest BCUT2D eigenvalue weighted by Gasteiger charge is 2.47. The molecule has 7 nitrogen and oxygen atoms in total. The number of morpholine rings is 1. The molecule has 3 saturated heterocycles. The van der Waals surface area contributed by atoms with Crippen molar-refractivity contribution in [2.45, 2.75) is 24.4 Å². The summed E-state index contributed by atoms with van der Waals surface area (Å²) in [6.07, 6.45) is 1.30. The van der Waals surface area contributed by atoms with Crippen molar-refractivity contribution in [2.75, 3.05) is 51.5 Å². The average Bonchev–Trinajstić information content (AvgIpc) is 3.05. The van der Waals surface area contributed by atoms with Gasteiger partial charge in [0.1, 0.15) is 0 Å². The Bertz CT molecular complexity index is 515. The average molecular weight is 318 g/mol. The summed E-state index contributed by atoms with van der Waals surface area (Å²) in [6, 6.07) is -0.324. The highest BCUT2D eigenvalue weighted by molar-refractivity contribution is 7.91. The highest BCUT2D eigenvalue weighted by atomic mass is 32.2. The first-order valence-corrected chi connectivity index (χ1v) is 9.16. The Morgan fingerprint density at radius 2 is 2.00 bits per heavy atom. The summed E-state index contributed by atoms with van der Waals surface area (Å²) >= 11 is 0. The van der Waals surface area contributed by atoms with E-state index in [9.17, 15) is 13.2 Å². The van der Waals surface area contributed by atoms with E-state index in [0.29, 0.717) is 39.4 Å². The number of ether oxygens (including phenoxy) is 2. The third-order valence-electron chi connectivity index (χ3n) is 4.77. The highest BCUT2D eigenvalue weighted by Crippen LogP contribution is 2.31. The lowest BCUT2D eigenvalue weighted by Gasteiger charge is -2.45. The monoisotopic (exact) mass is 318 g/mol. The molecule has 0 aromatic rings. The second-order valence-electron chi connectivity index (χ2n) is 6.18. The maximum atomic E-state index is 12.8. The molecule has 8 heteroatoms. The summed E-state index contributed by atoms with van der Waals surface area (Å²) in [4.78, 5) is 16.2. The topological polar surface area (TPSA) is 76.2 Å². The van der Waals surface area contributed by atoms with Gasteiger partial charge in [0.2, 0.25) is 0 Å². The third-order valence-corrected chi connectivity index (χ3v) is 6.52. The van der Waals surface area contributed by atoms with Crippen LogP contribution in [-0.4, -0.2) is 87.4 Å². The smallest absolute Gasteiger partial charge is 0.320 e. The van der Waals surface area contributed by atoms with E-state index in [1.807, 2.05) is 4.90 Å². The van der Waals surface area contributed by atoms with Gasteiger partial charge < -0.3 is 19.3 Å². The Morgan fingerprint density at radius 1 is 1.29 bits per heavy atom. The zero-order chi connectivity index (χ0) is 15.1. The molecule has 0 N–H and O–H groups in total. The number of rotatable bonds is 1. The van der Waals surface area contributed by atoms with Crippen molar-refractivity contribution in [3.8, 4) is 0 Å². The molecule has 2 atom stereocenters. The molecule has 0 radical (unpaired) electrons. The molecule has 0 aliphatic carbocycles. The first kappa shape index (κ1) is 15.1. The van der Waals surface area contributed by atoms with Crippen molar-refractivity contribution in [2.24, 2.45) is 0 Å².